The lowest BCUT2D eigenvalue weighted by atomic mass is 9.96. The highest BCUT2D eigenvalue weighted by molar-refractivity contribution is 5.96. The van der Waals surface area contributed by atoms with Crippen LogP contribution in [0.2, 0.25) is 0 Å². The zero-order chi connectivity index (χ0) is 39.3. The lowest BCUT2D eigenvalue weighted by Gasteiger charge is -2.19. The van der Waals surface area contributed by atoms with E-state index in [1.165, 1.54) is 67.2 Å². The molecule has 2 amide bonds. The van der Waals surface area contributed by atoms with Crippen molar-refractivity contribution in [2.75, 3.05) is 14.1 Å². The molecule has 0 radical (unpaired) electrons. The number of benzene rings is 2. The summed E-state index contributed by atoms with van der Waals surface area (Å²) < 4.78 is 72.4. The molecule has 1 N–H and O–H groups in total. The Labute approximate surface area is 287 Å². The van der Waals surface area contributed by atoms with Gasteiger partial charge < -0.3 is 14.9 Å². The van der Waals surface area contributed by atoms with E-state index in [4.69, 9.17) is 18.7 Å². The molecule has 48 heavy (non-hydrogen) atoms. The number of aromatic nitrogens is 4. The number of nitriles is 2. The zero-order valence-corrected chi connectivity index (χ0v) is 26.2. The summed E-state index contributed by atoms with van der Waals surface area (Å²) >= 11 is 0. The minimum atomic E-state index is -2.61. The van der Waals surface area contributed by atoms with E-state index >= 15 is 0 Å². The first-order valence-electron chi connectivity index (χ1n) is 16.9. The minimum Gasteiger partial charge on any atom is -0.389 e. The van der Waals surface area contributed by atoms with Gasteiger partial charge in [0, 0.05) is 47.4 Å². The number of aliphatic hydroxyl groups is 1. The Morgan fingerprint density at radius 2 is 1.23 bits per heavy atom. The standard InChI is InChI=1S/C17H19FN4O.C16H17FN4O2.CH4.FH/c1-11(2)16-7-12(18)5-6-15(16)17(23)21(3)10-13-8-14(9-19)22(4)20-13;1-10(22)15-6-11(17)4-5-14(15)16(23)20(2)9-12-7-13(8-18)21(3)19-12;;/h5-8,11H,10H2,1-4H3;4-7,10,22H,9H2,1-3H3;1H4;1H/t;10-;;/m.0../s1/i4D3;3D3;;. The molecule has 0 saturated heterocycles. The molecule has 256 valence electrons. The van der Waals surface area contributed by atoms with Crippen molar-refractivity contribution in [1.29, 1.82) is 10.5 Å². The first-order valence-corrected chi connectivity index (χ1v) is 13.9. The van der Waals surface area contributed by atoms with Crippen molar-refractivity contribution >= 4 is 11.8 Å². The lowest BCUT2D eigenvalue weighted by Crippen LogP contribution is -2.27. The first kappa shape index (κ1) is 31.1. The molecule has 11 nitrogen and oxygen atoms in total. The van der Waals surface area contributed by atoms with Crippen molar-refractivity contribution in [3.05, 3.63) is 105 Å². The van der Waals surface area contributed by atoms with Gasteiger partial charge in [0.05, 0.1) is 30.6 Å². The van der Waals surface area contributed by atoms with Crippen LogP contribution in [-0.4, -0.2) is 60.4 Å². The molecule has 0 aliphatic heterocycles. The van der Waals surface area contributed by atoms with Gasteiger partial charge in [0.15, 0.2) is 0 Å². The van der Waals surface area contributed by atoms with Gasteiger partial charge >= 0.3 is 0 Å². The van der Waals surface area contributed by atoms with Crippen LogP contribution in [0, 0.1) is 34.3 Å². The van der Waals surface area contributed by atoms with Crippen molar-refractivity contribution in [3.63, 3.8) is 0 Å². The van der Waals surface area contributed by atoms with Crippen LogP contribution in [0.5, 0.6) is 0 Å². The van der Waals surface area contributed by atoms with Crippen molar-refractivity contribution in [2.24, 2.45) is 14.0 Å². The molecule has 1 atom stereocenters. The largest absolute Gasteiger partial charge is 0.389 e. The maximum Gasteiger partial charge on any atom is 0.254 e. The average molecular weight is 673 g/mol. The number of amides is 2. The van der Waals surface area contributed by atoms with E-state index in [2.05, 4.69) is 10.2 Å². The quantitative estimate of drug-likeness (QED) is 0.265. The topological polar surface area (TPSA) is 144 Å². The predicted molar refractivity (Wildman–Crippen MR) is 174 cm³/mol. The van der Waals surface area contributed by atoms with Crippen LogP contribution >= 0.6 is 0 Å². The third-order valence-corrected chi connectivity index (χ3v) is 6.80. The van der Waals surface area contributed by atoms with Crippen LogP contribution in [0.4, 0.5) is 13.5 Å². The second kappa shape index (κ2) is 17.4. The highest BCUT2D eigenvalue weighted by Gasteiger charge is 2.21. The fourth-order valence-electron chi connectivity index (χ4n) is 4.49. The van der Waals surface area contributed by atoms with E-state index < -0.39 is 37.6 Å². The van der Waals surface area contributed by atoms with Crippen LogP contribution in [0.1, 0.15) is 103 Å². The van der Waals surface area contributed by atoms with E-state index in [0.717, 1.165) is 12.1 Å². The number of carbonyl (C=O) groups is 2. The number of rotatable bonds is 8. The fourth-order valence-corrected chi connectivity index (χ4v) is 4.49. The smallest absolute Gasteiger partial charge is 0.254 e. The Kier molecular flexibility index (Phi) is 11.3. The van der Waals surface area contributed by atoms with Gasteiger partial charge in [-0.1, -0.05) is 21.3 Å². The molecule has 0 aliphatic rings. The van der Waals surface area contributed by atoms with Gasteiger partial charge in [0.1, 0.15) is 35.2 Å². The fraction of sp³-hybridized carbons (Fsp3) is 0.353. The number of carbonyl (C=O) groups excluding carboxylic acids is 2. The Bertz CT molecular complexity index is 1890. The number of aliphatic hydroxyl groups excluding tert-OH is 1. The van der Waals surface area contributed by atoms with Crippen LogP contribution in [-0.2, 0) is 27.0 Å². The van der Waals surface area contributed by atoms with Crippen molar-refractivity contribution in [2.45, 2.75) is 53.3 Å². The van der Waals surface area contributed by atoms with Crippen molar-refractivity contribution in [3.8, 4) is 12.1 Å². The molecule has 0 bridgehead atoms. The Morgan fingerprint density at radius 1 is 0.833 bits per heavy atom. The van der Waals surface area contributed by atoms with E-state index in [1.807, 2.05) is 13.8 Å². The summed E-state index contributed by atoms with van der Waals surface area (Å²) in [6, 6.07) is 13.6. The van der Waals surface area contributed by atoms with Gasteiger partial charge in [-0.3, -0.25) is 23.7 Å². The molecule has 4 aromatic rings. The van der Waals surface area contributed by atoms with Crippen LogP contribution < -0.4 is 0 Å². The molecule has 2 heterocycles. The number of halogens is 3. The van der Waals surface area contributed by atoms with Crippen LogP contribution in [0.3, 0.4) is 0 Å². The maximum atomic E-state index is 13.5. The van der Waals surface area contributed by atoms with E-state index in [1.54, 1.807) is 12.1 Å². The third kappa shape index (κ3) is 9.77. The number of hydrogen-bond acceptors (Lipinski definition) is 7. The summed E-state index contributed by atoms with van der Waals surface area (Å²) in [4.78, 5) is 28.0. The molecule has 0 fully saturated rings. The SMILES string of the molecule is C.F.[2H]C([2H])([2H])n1nc(CN(C)C(=O)c2ccc(F)cc2C(C)C)cc1C#N.[2H]C([2H])([2H])n1nc(CN(C)C(=O)c2ccc(F)cc2[C@H](C)O)cc1C#N. The second-order valence-electron chi connectivity index (χ2n) is 10.7. The van der Waals surface area contributed by atoms with Crippen molar-refractivity contribution < 1.29 is 36.4 Å². The van der Waals surface area contributed by atoms with Gasteiger partial charge in [-0.15, -0.1) is 0 Å². The highest BCUT2D eigenvalue weighted by Crippen LogP contribution is 2.23. The normalized spacial score (nSPS) is 13.1. The van der Waals surface area contributed by atoms with E-state index in [0.29, 0.717) is 20.5 Å². The summed E-state index contributed by atoms with van der Waals surface area (Å²) in [6.07, 6.45) is -1.04. The first-order chi connectivity index (χ1) is 24.1. The Hall–Kier alpha value is -5.47. The Morgan fingerprint density at radius 3 is 1.56 bits per heavy atom. The van der Waals surface area contributed by atoms with Gasteiger partial charge in [-0.05, 0) is 72.5 Å². The number of nitrogens with zero attached hydrogens (tertiary/aromatic N) is 8. The summed E-state index contributed by atoms with van der Waals surface area (Å²) in [5, 5.41) is 35.6. The van der Waals surface area contributed by atoms with Gasteiger partial charge in [-0.25, -0.2) is 8.78 Å². The monoisotopic (exact) mass is 672 g/mol. The van der Waals surface area contributed by atoms with Gasteiger partial charge in [0.2, 0.25) is 0 Å². The lowest BCUT2D eigenvalue weighted by molar-refractivity contribution is 0.0772. The van der Waals surface area contributed by atoms with Crippen LogP contribution in [0.25, 0.3) is 0 Å². The highest BCUT2D eigenvalue weighted by atomic mass is 19.1. The molecule has 14 heteroatoms. The number of hydrogen-bond donors (Lipinski definition) is 1. The predicted octanol–water partition coefficient (Wildman–Crippen LogP) is 5.37. The van der Waals surface area contributed by atoms with Gasteiger partial charge in [0.25, 0.3) is 11.8 Å². The minimum absolute atomic E-state index is 0. The summed E-state index contributed by atoms with van der Waals surface area (Å²) in [5.41, 5.74) is 1.48. The number of aryl methyl sites for hydroxylation is 2. The zero-order valence-electron chi connectivity index (χ0n) is 32.2. The maximum absolute atomic E-state index is 13.5. The summed E-state index contributed by atoms with van der Waals surface area (Å²) in [6.45, 7) is -0.0804. The molecular weight excluding hydrogens is 625 g/mol. The molecule has 0 saturated carbocycles. The second-order valence-corrected chi connectivity index (χ2v) is 10.7. The molecule has 0 aliphatic carbocycles. The van der Waals surface area contributed by atoms with Crippen LogP contribution in [0.15, 0.2) is 48.5 Å². The summed E-state index contributed by atoms with van der Waals surface area (Å²) in [5.74, 6) is -1.87. The molecule has 2 aromatic heterocycles. The van der Waals surface area contributed by atoms with Crippen molar-refractivity contribution in [1.82, 2.24) is 29.4 Å². The van der Waals surface area contributed by atoms with E-state index in [-0.39, 0.29) is 70.9 Å². The average Bonchev–Trinajstić information content (AvgIpc) is 3.68. The molecule has 0 spiro atoms. The third-order valence-electron chi connectivity index (χ3n) is 6.80. The van der Waals surface area contributed by atoms with E-state index in [9.17, 15) is 23.5 Å². The summed E-state index contributed by atoms with van der Waals surface area (Å²) in [7, 11) is 2.99. The molecule has 0 unspecified atom stereocenters. The Balaban J connectivity index is 0.000000521. The molecular formula is C34H41F3N8O3. The molecule has 2 aromatic carbocycles. The van der Waals surface area contributed by atoms with Gasteiger partial charge in [-0.2, -0.15) is 20.7 Å². The molecule has 4 rings (SSSR count).